The van der Waals surface area contributed by atoms with Gasteiger partial charge in [-0.15, -0.1) is 0 Å². The van der Waals surface area contributed by atoms with E-state index in [-0.39, 0.29) is 0 Å². The molecule has 0 bridgehead atoms. The molecular weight excluding hydrogens is 216 g/mol. The minimum atomic E-state index is 0.922. The summed E-state index contributed by atoms with van der Waals surface area (Å²) in [6, 6.07) is 0. The van der Waals surface area contributed by atoms with Gasteiger partial charge in [0, 0.05) is 0 Å². The van der Waals surface area contributed by atoms with Gasteiger partial charge in [-0.25, -0.2) is 0 Å². The molecule has 6 aliphatic rings. The monoisotopic (exact) mass is 242 g/mol. The summed E-state index contributed by atoms with van der Waals surface area (Å²) in [7, 11) is 0. The Balaban J connectivity index is 1.37. The van der Waals surface area contributed by atoms with E-state index in [0.29, 0.717) is 0 Å². The fourth-order valence-electron chi connectivity index (χ4n) is 8.82. The van der Waals surface area contributed by atoms with Crippen LogP contribution in [0.15, 0.2) is 0 Å². The van der Waals surface area contributed by atoms with Crippen molar-refractivity contribution in [2.24, 2.45) is 64.6 Å². The standard InChI is InChI=1S/C18H26/c1-8-5-14(18-4-3-10(18)6-13(8)18)11-7-12-16-9(2)15(11)17(12)16/h8-17H,3-7H2,1-2H3/t8?,9-,10?,11?,12?,13?,14?,15?,16?,17?,18?/m0/s1. The van der Waals surface area contributed by atoms with E-state index in [0.717, 1.165) is 17.3 Å². The van der Waals surface area contributed by atoms with E-state index in [1.165, 1.54) is 47.3 Å². The first-order valence-corrected chi connectivity index (χ1v) is 8.73. The number of rotatable bonds is 1. The molecule has 0 aromatic rings. The topological polar surface area (TPSA) is 0 Å². The van der Waals surface area contributed by atoms with E-state index in [1.807, 2.05) is 0 Å². The summed E-state index contributed by atoms with van der Waals surface area (Å²) in [6.07, 6.45) is 8.15. The largest absolute Gasteiger partial charge is 0.0622 e. The second kappa shape index (κ2) is 2.59. The van der Waals surface area contributed by atoms with Crippen molar-refractivity contribution < 1.29 is 0 Å². The predicted octanol–water partition coefficient (Wildman–Crippen LogP) is 4.21. The van der Waals surface area contributed by atoms with Gasteiger partial charge in [0.15, 0.2) is 0 Å². The molecule has 0 nitrogen and oxygen atoms in total. The molecule has 11 atom stereocenters. The highest BCUT2D eigenvalue weighted by atomic mass is 14.8. The van der Waals surface area contributed by atoms with Crippen molar-refractivity contribution in [3.8, 4) is 0 Å². The average Bonchev–Trinajstić information content (AvgIpc) is 2.72. The summed E-state index contributed by atoms with van der Waals surface area (Å²) in [5.74, 6) is 11.8. The predicted molar refractivity (Wildman–Crippen MR) is 71.8 cm³/mol. The van der Waals surface area contributed by atoms with Crippen molar-refractivity contribution in [2.75, 3.05) is 0 Å². The highest BCUT2D eigenvalue weighted by Crippen LogP contribution is 2.83. The Kier molecular flexibility index (Phi) is 1.41. The molecule has 10 unspecified atom stereocenters. The first-order valence-electron chi connectivity index (χ1n) is 8.73. The third kappa shape index (κ3) is 0.735. The summed E-state index contributed by atoms with van der Waals surface area (Å²) in [5.41, 5.74) is 0.922. The molecule has 0 heteroatoms. The lowest BCUT2D eigenvalue weighted by atomic mass is 9.38. The van der Waals surface area contributed by atoms with Gasteiger partial charge in [-0.2, -0.15) is 0 Å². The zero-order chi connectivity index (χ0) is 11.8. The minimum Gasteiger partial charge on any atom is -0.0622 e. The molecule has 6 aliphatic carbocycles. The van der Waals surface area contributed by atoms with Crippen LogP contribution in [0.3, 0.4) is 0 Å². The first kappa shape index (κ1) is 9.83. The van der Waals surface area contributed by atoms with Crippen molar-refractivity contribution in [3.63, 3.8) is 0 Å². The lowest BCUT2D eigenvalue weighted by molar-refractivity contribution is -0.179. The van der Waals surface area contributed by atoms with Gasteiger partial charge in [0.1, 0.15) is 0 Å². The maximum absolute atomic E-state index is 2.59. The summed E-state index contributed by atoms with van der Waals surface area (Å²) in [4.78, 5) is 0. The van der Waals surface area contributed by atoms with E-state index in [9.17, 15) is 0 Å². The van der Waals surface area contributed by atoms with E-state index >= 15 is 0 Å². The molecule has 0 saturated heterocycles. The van der Waals surface area contributed by atoms with E-state index in [1.54, 1.807) is 32.1 Å². The molecule has 1 spiro atoms. The molecular formula is C18H26. The molecule has 0 aromatic heterocycles. The molecule has 0 amide bonds. The lowest BCUT2D eigenvalue weighted by Gasteiger charge is -2.66. The third-order valence-corrected chi connectivity index (χ3v) is 9.42. The third-order valence-electron chi connectivity index (χ3n) is 9.42. The summed E-state index contributed by atoms with van der Waals surface area (Å²) in [6.45, 7) is 5.17. The maximum atomic E-state index is 2.59. The van der Waals surface area contributed by atoms with Crippen molar-refractivity contribution in [1.29, 1.82) is 0 Å². The number of hydrogen-bond acceptors (Lipinski definition) is 0. The molecule has 18 heavy (non-hydrogen) atoms. The van der Waals surface area contributed by atoms with Crippen LogP contribution in [-0.4, -0.2) is 0 Å². The van der Waals surface area contributed by atoms with Gasteiger partial charge in [-0.1, -0.05) is 13.8 Å². The fourth-order valence-corrected chi connectivity index (χ4v) is 8.82. The van der Waals surface area contributed by atoms with Crippen molar-refractivity contribution >= 4 is 0 Å². The molecule has 6 rings (SSSR count). The van der Waals surface area contributed by atoms with Crippen molar-refractivity contribution in [3.05, 3.63) is 0 Å². The quantitative estimate of drug-likeness (QED) is 0.646. The van der Waals surface area contributed by atoms with Gasteiger partial charge >= 0.3 is 0 Å². The summed E-state index contributed by atoms with van der Waals surface area (Å²) in [5, 5.41) is 0. The maximum Gasteiger partial charge on any atom is -0.0207 e. The van der Waals surface area contributed by atoms with Crippen molar-refractivity contribution in [2.45, 2.75) is 46.0 Å². The van der Waals surface area contributed by atoms with Gasteiger partial charge in [-0.05, 0) is 96.7 Å². The molecule has 98 valence electrons. The Bertz CT molecular complexity index is 429. The van der Waals surface area contributed by atoms with E-state index in [2.05, 4.69) is 13.8 Å². The van der Waals surface area contributed by atoms with Crippen LogP contribution in [0.25, 0.3) is 0 Å². The average molecular weight is 242 g/mol. The van der Waals surface area contributed by atoms with Crippen LogP contribution in [-0.2, 0) is 0 Å². The second-order valence-corrected chi connectivity index (χ2v) is 9.16. The van der Waals surface area contributed by atoms with Gasteiger partial charge in [0.05, 0.1) is 0 Å². The van der Waals surface area contributed by atoms with Crippen molar-refractivity contribution in [1.82, 2.24) is 0 Å². The Labute approximate surface area is 111 Å². The van der Waals surface area contributed by atoms with E-state index in [4.69, 9.17) is 0 Å². The van der Waals surface area contributed by atoms with Crippen LogP contribution < -0.4 is 0 Å². The van der Waals surface area contributed by atoms with Gasteiger partial charge in [0.2, 0.25) is 0 Å². The van der Waals surface area contributed by atoms with Crippen LogP contribution in [0.4, 0.5) is 0 Å². The molecule has 6 fully saturated rings. The Morgan fingerprint density at radius 2 is 1.67 bits per heavy atom. The Hall–Kier alpha value is 0. The lowest BCUT2D eigenvalue weighted by Crippen LogP contribution is -2.59. The highest BCUT2D eigenvalue weighted by molar-refractivity contribution is 5.26. The highest BCUT2D eigenvalue weighted by Gasteiger charge is 2.78. The van der Waals surface area contributed by atoms with Gasteiger partial charge in [-0.3, -0.25) is 0 Å². The van der Waals surface area contributed by atoms with Gasteiger partial charge < -0.3 is 0 Å². The fraction of sp³-hybridized carbons (Fsp3) is 1.00. The van der Waals surface area contributed by atoms with E-state index < -0.39 is 0 Å². The van der Waals surface area contributed by atoms with Gasteiger partial charge in [0.25, 0.3) is 0 Å². The Morgan fingerprint density at radius 1 is 0.833 bits per heavy atom. The number of hydrogen-bond donors (Lipinski definition) is 0. The second-order valence-electron chi connectivity index (χ2n) is 9.16. The first-order chi connectivity index (χ1) is 8.73. The van der Waals surface area contributed by atoms with Crippen LogP contribution >= 0.6 is 0 Å². The minimum absolute atomic E-state index is 0.922. The van der Waals surface area contributed by atoms with Crippen LogP contribution in [0.5, 0.6) is 0 Å². The molecule has 0 aromatic carbocycles. The van der Waals surface area contributed by atoms with Crippen LogP contribution in [0.1, 0.15) is 46.0 Å². The normalized spacial score (nSPS) is 77.7. The zero-order valence-electron chi connectivity index (χ0n) is 11.8. The summed E-state index contributed by atoms with van der Waals surface area (Å²) < 4.78 is 0. The smallest absolute Gasteiger partial charge is 0.0207 e. The SMILES string of the molecule is CC1CC(C2CC3C4C3[C@@H](C)C24)C23CCC2CC13. The van der Waals surface area contributed by atoms with Crippen LogP contribution in [0, 0.1) is 64.6 Å². The molecule has 0 heterocycles. The molecule has 0 N–H and O–H groups in total. The summed E-state index contributed by atoms with van der Waals surface area (Å²) >= 11 is 0. The number of fused-ring (bicyclic) bond motifs is 1. The molecule has 0 radical (unpaired) electrons. The Morgan fingerprint density at radius 3 is 2.28 bits per heavy atom. The zero-order valence-corrected chi connectivity index (χ0v) is 11.8. The molecule has 6 saturated carbocycles. The van der Waals surface area contributed by atoms with Crippen LogP contribution in [0.2, 0.25) is 0 Å². The molecule has 0 aliphatic heterocycles.